The van der Waals surface area contributed by atoms with E-state index in [1.165, 1.54) is 0 Å². The van der Waals surface area contributed by atoms with Crippen LogP contribution in [0.15, 0.2) is 50.1 Å². The normalized spacial score (nSPS) is 10.9. The first kappa shape index (κ1) is 18.2. The summed E-state index contributed by atoms with van der Waals surface area (Å²) in [6.07, 6.45) is -0.356. The summed E-state index contributed by atoms with van der Waals surface area (Å²) in [5, 5.41) is 9.70. The van der Waals surface area contributed by atoms with Crippen LogP contribution >= 0.6 is 15.9 Å². The van der Waals surface area contributed by atoms with Gasteiger partial charge in [0.2, 0.25) is 0 Å². The van der Waals surface area contributed by atoms with Gasteiger partial charge in [-0.3, -0.25) is 4.79 Å². The summed E-state index contributed by atoms with van der Waals surface area (Å²) in [4.78, 5) is 23.2. The van der Waals surface area contributed by atoms with Crippen LogP contribution in [0, 0.1) is 13.8 Å². The fourth-order valence-corrected chi connectivity index (χ4v) is 3.09. The highest BCUT2D eigenvalue weighted by Gasteiger charge is 2.17. The molecule has 3 aromatic rings. The van der Waals surface area contributed by atoms with Crippen LogP contribution in [0.2, 0.25) is 0 Å². The first-order valence-corrected chi connectivity index (χ1v) is 8.81. The van der Waals surface area contributed by atoms with Crippen LogP contribution < -0.4 is 10.4 Å². The predicted molar refractivity (Wildman–Crippen MR) is 102 cm³/mol. The topological polar surface area (TPSA) is 76.7 Å². The van der Waals surface area contributed by atoms with Gasteiger partial charge in [-0.05, 0) is 49.2 Å². The number of ether oxygens (including phenoxy) is 1. The van der Waals surface area contributed by atoms with Gasteiger partial charge in [0.25, 0.3) is 0 Å². The average molecular weight is 417 g/mol. The third-order valence-electron chi connectivity index (χ3n) is 4.29. The van der Waals surface area contributed by atoms with Crippen LogP contribution in [0.5, 0.6) is 5.75 Å². The van der Waals surface area contributed by atoms with Gasteiger partial charge < -0.3 is 14.3 Å². The molecule has 1 heterocycles. The third-order valence-corrected chi connectivity index (χ3v) is 4.82. The summed E-state index contributed by atoms with van der Waals surface area (Å²) in [7, 11) is 0. The first-order chi connectivity index (χ1) is 12.4. The molecule has 0 amide bonds. The molecule has 0 aliphatic heterocycles. The fraction of sp³-hybridized carbons (Fsp3) is 0.200. The number of aryl methyl sites for hydroxylation is 2. The Bertz CT molecular complexity index is 1030. The van der Waals surface area contributed by atoms with Crippen molar-refractivity contribution in [3.8, 4) is 5.75 Å². The van der Waals surface area contributed by atoms with Gasteiger partial charge in [-0.2, -0.15) is 0 Å². The predicted octanol–water partition coefficient (Wildman–Crippen LogP) is 4.38. The summed E-state index contributed by atoms with van der Waals surface area (Å²) in [6, 6.07) is 11.4. The van der Waals surface area contributed by atoms with Gasteiger partial charge in [0.15, 0.2) is 0 Å². The van der Waals surface area contributed by atoms with Gasteiger partial charge in [-0.1, -0.05) is 28.1 Å². The standard InChI is InChI=1S/C20H17BrO5/c1-11-15-7-8-17(25-10-13-3-5-14(21)6-4-13)12(2)19(15)26-20(24)16(11)9-18(22)23/h3-8H,9-10H2,1-2H3,(H,22,23). The molecular formula is C20H17BrO5. The number of fused-ring (bicyclic) bond motifs is 1. The number of benzene rings is 2. The van der Waals surface area contributed by atoms with E-state index >= 15 is 0 Å². The average Bonchev–Trinajstić information content (AvgIpc) is 2.60. The first-order valence-electron chi connectivity index (χ1n) is 8.01. The van der Waals surface area contributed by atoms with Gasteiger partial charge in [0.1, 0.15) is 17.9 Å². The lowest BCUT2D eigenvalue weighted by atomic mass is 10.0. The second-order valence-electron chi connectivity index (χ2n) is 6.04. The summed E-state index contributed by atoms with van der Waals surface area (Å²) in [6.45, 7) is 3.94. The van der Waals surface area contributed by atoms with E-state index in [9.17, 15) is 9.59 Å². The number of carboxylic acids is 1. The maximum atomic E-state index is 12.2. The van der Waals surface area contributed by atoms with Crippen LogP contribution in [0.25, 0.3) is 11.0 Å². The van der Waals surface area contributed by atoms with Crippen molar-refractivity contribution in [2.24, 2.45) is 0 Å². The zero-order valence-electron chi connectivity index (χ0n) is 14.3. The number of hydrogen-bond acceptors (Lipinski definition) is 4. The van der Waals surface area contributed by atoms with Crippen molar-refractivity contribution in [2.75, 3.05) is 0 Å². The van der Waals surface area contributed by atoms with Crippen LogP contribution in [0.1, 0.15) is 22.3 Å². The van der Waals surface area contributed by atoms with E-state index in [1.54, 1.807) is 13.0 Å². The molecule has 26 heavy (non-hydrogen) atoms. The van der Waals surface area contributed by atoms with E-state index in [-0.39, 0.29) is 12.0 Å². The minimum atomic E-state index is -1.06. The van der Waals surface area contributed by atoms with Crippen LogP contribution in [-0.4, -0.2) is 11.1 Å². The lowest BCUT2D eigenvalue weighted by Crippen LogP contribution is -2.15. The highest BCUT2D eigenvalue weighted by molar-refractivity contribution is 9.10. The van der Waals surface area contributed by atoms with E-state index in [2.05, 4.69) is 15.9 Å². The molecule has 1 N–H and O–H groups in total. The molecule has 0 unspecified atom stereocenters. The Morgan fingerprint density at radius 1 is 1.12 bits per heavy atom. The van der Waals surface area contributed by atoms with Crippen molar-refractivity contribution in [1.29, 1.82) is 0 Å². The molecule has 0 aliphatic rings. The van der Waals surface area contributed by atoms with Gasteiger partial charge in [-0.25, -0.2) is 4.79 Å². The molecule has 0 fully saturated rings. The number of hydrogen-bond donors (Lipinski definition) is 1. The monoisotopic (exact) mass is 416 g/mol. The Labute approximate surface area is 158 Å². The van der Waals surface area contributed by atoms with Gasteiger partial charge in [0.05, 0.1) is 12.0 Å². The molecule has 5 nitrogen and oxygen atoms in total. The van der Waals surface area contributed by atoms with Crippen molar-refractivity contribution in [3.05, 3.63) is 73.5 Å². The van der Waals surface area contributed by atoms with E-state index in [1.807, 2.05) is 37.3 Å². The Morgan fingerprint density at radius 3 is 2.46 bits per heavy atom. The molecule has 1 aromatic heterocycles. The fourth-order valence-electron chi connectivity index (χ4n) is 2.82. The van der Waals surface area contributed by atoms with Gasteiger partial charge in [0, 0.05) is 15.4 Å². The Hall–Kier alpha value is -2.60. The number of carboxylic acid groups (broad SMARTS) is 1. The number of carbonyl (C=O) groups is 1. The Balaban J connectivity index is 1.96. The quantitative estimate of drug-likeness (QED) is 0.624. The summed E-state index contributed by atoms with van der Waals surface area (Å²) in [5.74, 6) is -0.445. The van der Waals surface area contributed by atoms with Crippen LogP contribution in [0.4, 0.5) is 0 Å². The van der Waals surface area contributed by atoms with Crippen molar-refractivity contribution in [1.82, 2.24) is 0 Å². The van der Waals surface area contributed by atoms with Crippen molar-refractivity contribution in [2.45, 2.75) is 26.9 Å². The lowest BCUT2D eigenvalue weighted by molar-refractivity contribution is -0.136. The lowest BCUT2D eigenvalue weighted by Gasteiger charge is -2.13. The second kappa shape index (κ2) is 7.33. The minimum absolute atomic E-state index is 0.174. The van der Waals surface area contributed by atoms with Gasteiger partial charge in [-0.15, -0.1) is 0 Å². The molecule has 0 saturated heterocycles. The Morgan fingerprint density at radius 2 is 1.81 bits per heavy atom. The summed E-state index contributed by atoms with van der Waals surface area (Å²) >= 11 is 3.39. The largest absolute Gasteiger partial charge is 0.488 e. The smallest absolute Gasteiger partial charge is 0.340 e. The molecule has 0 spiro atoms. The van der Waals surface area contributed by atoms with E-state index in [0.717, 1.165) is 10.0 Å². The van der Waals surface area contributed by atoms with Gasteiger partial charge >= 0.3 is 11.6 Å². The number of aliphatic carboxylic acids is 1. The SMILES string of the molecule is Cc1c(CC(=O)O)c(=O)oc2c(C)c(OCc3ccc(Br)cc3)ccc12. The van der Waals surface area contributed by atoms with Crippen molar-refractivity contribution >= 4 is 32.9 Å². The molecule has 0 saturated carbocycles. The third kappa shape index (κ3) is 3.65. The van der Waals surface area contributed by atoms with Crippen LogP contribution in [0.3, 0.4) is 0 Å². The molecule has 0 aliphatic carbocycles. The molecule has 0 atom stereocenters. The zero-order chi connectivity index (χ0) is 18.8. The molecule has 6 heteroatoms. The molecule has 0 radical (unpaired) electrons. The van der Waals surface area contributed by atoms with Crippen LogP contribution in [-0.2, 0) is 17.8 Å². The molecule has 134 valence electrons. The molecular weight excluding hydrogens is 400 g/mol. The van der Waals surface area contributed by atoms with E-state index < -0.39 is 11.6 Å². The molecule has 0 bridgehead atoms. The summed E-state index contributed by atoms with van der Waals surface area (Å²) < 4.78 is 12.3. The second-order valence-corrected chi connectivity index (χ2v) is 6.96. The maximum Gasteiger partial charge on any atom is 0.340 e. The highest BCUT2D eigenvalue weighted by atomic mass is 79.9. The van der Waals surface area contributed by atoms with Crippen molar-refractivity contribution in [3.63, 3.8) is 0 Å². The maximum absolute atomic E-state index is 12.2. The van der Waals surface area contributed by atoms with Crippen molar-refractivity contribution < 1.29 is 19.1 Å². The van der Waals surface area contributed by atoms with E-state index in [0.29, 0.717) is 34.5 Å². The molecule has 3 rings (SSSR count). The van der Waals surface area contributed by atoms with E-state index in [4.69, 9.17) is 14.3 Å². The zero-order valence-corrected chi connectivity index (χ0v) is 15.9. The summed E-state index contributed by atoms with van der Waals surface area (Å²) in [5.41, 5.74) is 2.33. The Kier molecular flexibility index (Phi) is 5.13. The highest BCUT2D eigenvalue weighted by Crippen LogP contribution is 2.30. The number of halogens is 1. The minimum Gasteiger partial charge on any atom is -0.488 e. The number of rotatable bonds is 5. The molecule has 2 aromatic carbocycles.